The van der Waals surface area contributed by atoms with Gasteiger partial charge < -0.3 is 10.6 Å². The number of carbonyl (C=O) groups excluding carboxylic acids is 1. The third kappa shape index (κ3) is 2.62. The summed E-state index contributed by atoms with van der Waals surface area (Å²) < 4.78 is 0. The molecule has 0 radical (unpaired) electrons. The van der Waals surface area contributed by atoms with Crippen molar-refractivity contribution in [2.75, 3.05) is 6.54 Å². The van der Waals surface area contributed by atoms with Crippen LogP contribution in [0.2, 0.25) is 0 Å². The summed E-state index contributed by atoms with van der Waals surface area (Å²) in [5.41, 5.74) is 0.254. The Morgan fingerprint density at radius 3 is 2.33 bits per heavy atom. The Morgan fingerprint density at radius 2 is 1.71 bits per heavy atom. The van der Waals surface area contributed by atoms with Gasteiger partial charge in [-0.3, -0.25) is 4.79 Å². The first kappa shape index (κ1) is 15.3. The maximum atomic E-state index is 12.5. The highest BCUT2D eigenvalue weighted by Gasteiger charge is 2.60. The number of nitrogens with one attached hydrogen (secondary N) is 1. The molecule has 3 atom stereocenters. The Bertz CT molecular complexity index is 400. The average molecular weight is 293 g/mol. The van der Waals surface area contributed by atoms with E-state index in [0.29, 0.717) is 18.5 Å². The quantitative estimate of drug-likeness (QED) is 0.820. The molecule has 3 aliphatic rings. The summed E-state index contributed by atoms with van der Waals surface area (Å²) in [6, 6.07) is 0.686. The number of amides is 1. The van der Waals surface area contributed by atoms with Crippen molar-refractivity contribution >= 4 is 5.91 Å². The second-order valence-electron chi connectivity index (χ2n) is 8.52. The van der Waals surface area contributed by atoms with Gasteiger partial charge >= 0.3 is 0 Å². The first-order valence-corrected chi connectivity index (χ1v) is 9.08. The lowest BCUT2D eigenvalue weighted by Gasteiger charge is -2.48. The van der Waals surface area contributed by atoms with Crippen molar-refractivity contribution in [1.82, 2.24) is 5.32 Å². The molecule has 0 heterocycles. The zero-order chi connectivity index (χ0) is 15.1. The molecule has 0 saturated heterocycles. The van der Waals surface area contributed by atoms with Crippen LogP contribution in [0.15, 0.2) is 0 Å². The number of hydrogen-bond acceptors (Lipinski definition) is 1. The molecule has 21 heavy (non-hydrogen) atoms. The maximum absolute atomic E-state index is 12.5. The highest BCUT2D eigenvalue weighted by Crippen LogP contribution is 2.61. The van der Waals surface area contributed by atoms with E-state index < -0.39 is 0 Å². The lowest BCUT2D eigenvalue weighted by atomic mass is 9.64. The van der Waals surface area contributed by atoms with Gasteiger partial charge in [0, 0.05) is 5.54 Å². The van der Waals surface area contributed by atoms with Gasteiger partial charge in [-0.05, 0) is 69.1 Å². The molecule has 120 valence electrons. The molecule has 0 aromatic heterocycles. The third-order valence-electron chi connectivity index (χ3n) is 7.29. The minimum atomic E-state index is 0.00735. The van der Waals surface area contributed by atoms with E-state index in [1.165, 1.54) is 51.4 Å². The molecule has 1 amide bonds. The molecule has 0 spiro atoms. The summed E-state index contributed by atoms with van der Waals surface area (Å²) in [5.74, 6) is 1.75. The van der Waals surface area contributed by atoms with Crippen molar-refractivity contribution in [3.05, 3.63) is 0 Å². The summed E-state index contributed by atoms with van der Waals surface area (Å²) in [4.78, 5) is 12.5. The van der Waals surface area contributed by atoms with Crippen molar-refractivity contribution in [1.29, 1.82) is 0 Å². The lowest BCUT2D eigenvalue weighted by molar-refractivity contribution is -0.681. The van der Waals surface area contributed by atoms with Crippen molar-refractivity contribution < 1.29 is 10.1 Å². The van der Waals surface area contributed by atoms with Crippen molar-refractivity contribution in [2.45, 2.75) is 83.7 Å². The Kier molecular flexibility index (Phi) is 4.06. The smallest absolute Gasteiger partial charge is 0.275 e. The fourth-order valence-electron chi connectivity index (χ4n) is 5.36. The molecule has 0 aromatic rings. The molecule has 3 nitrogen and oxygen atoms in total. The molecule has 3 N–H and O–H groups in total. The zero-order valence-electron chi connectivity index (χ0n) is 14.1. The monoisotopic (exact) mass is 293 g/mol. The van der Waals surface area contributed by atoms with Gasteiger partial charge in [0.1, 0.15) is 0 Å². The number of carbonyl (C=O) groups is 1. The number of hydrogen-bond donors (Lipinski definition) is 2. The van der Waals surface area contributed by atoms with Gasteiger partial charge in [0.05, 0.1) is 6.04 Å². The van der Waals surface area contributed by atoms with Crippen molar-refractivity contribution in [2.24, 2.45) is 17.3 Å². The van der Waals surface area contributed by atoms with Crippen LogP contribution in [-0.2, 0) is 4.79 Å². The van der Waals surface area contributed by atoms with Gasteiger partial charge in [0.2, 0.25) is 0 Å². The first-order valence-electron chi connectivity index (χ1n) is 9.08. The van der Waals surface area contributed by atoms with Gasteiger partial charge in [-0.2, -0.15) is 0 Å². The predicted molar refractivity (Wildman–Crippen MR) is 84.8 cm³/mol. The average Bonchev–Trinajstić information content (AvgIpc) is 3.01. The maximum Gasteiger partial charge on any atom is 0.275 e. The summed E-state index contributed by atoms with van der Waals surface area (Å²) in [6.45, 7) is 7.65. The van der Waals surface area contributed by atoms with Crippen LogP contribution in [0.4, 0.5) is 0 Å². The highest BCUT2D eigenvalue weighted by atomic mass is 16.2. The largest absolute Gasteiger partial charge is 0.345 e. The Balaban J connectivity index is 1.54. The van der Waals surface area contributed by atoms with E-state index in [9.17, 15) is 4.79 Å². The van der Waals surface area contributed by atoms with Crippen LogP contribution in [0, 0.1) is 17.3 Å². The van der Waals surface area contributed by atoms with Crippen LogP contribution < -0.4 is 10.6 Å². The van der Waals surface area contributed by atoms with Crippen LogP contribution in [0.5, 0.6) is 0 Å². The summed E-state index contributed by atoms with van der Waals surface area (Å²) in [5, 5.41) is 5.74. The minimum absolute atomic E-state index is 0.00735. The molecule has 3 heteroatoms. The van der Waals surface area contributed by atoms with E-state index in [1.807, 2.05) is 0 Å². The Labute approximate surface area is 129 Å². The summed E-state index contributed by atoms with van der Waals surface area (Å²) in [6.07, 6.45) is 10.6. The number of rotatable bonds is 4. The Morgan fingerprint density at radius 1 is 1.05 bits per heavy atom. The predicted octanol–water partition coefficient (Wildman–Crippen LogP) is 2.21. The molecule has 3 aliphatic carbocycles. The third-order valence-corrected chi connectivity index (χ3v) is 7.29. The first-order chi connectivity index (χ1) is 9.93. The Hall–Kier alpha value is -0.570. The SMILES string of the molecule is CC1(C)[C@@H]2CC[C@H](C2)[C@@]1(C)NC(=O)C[NH2+]C1CCCCC1. The van der Waals surface area contributed by atoms with Gasteiger partial charge in [-0.1, -0.05) is 20.3 Å². The van der Waals surface area contributed by atoms with Crippen LogP contribution in [0.25, 0.3) is 0 Å². The lowest BCUT2D eigenvalue weighted by Crippen LogP contribution is -2.92. The van der Waals surface area contributed by atoms with Gasteiger partial charge in [0.25, 0.3) is 5.91 Å². The van der Waals surface area contributed by atoms with Crippen LogP contribution in [-0.4, -0.2) is 24.0 Å². The van der Waals surface area contributed by atoms with E-state index in [1.54, 1.807) is 0 Å². The van der Waals surface area contributed by atoms with Gasteiger partial charge in [-0.15, -0.1) is 0 Å². The molecule has 3 rings (SSSR count). The second-order valence-corrected chi connectivity index (χ2v) is 8.52. The summed E-state index contributed by atoms with van der Waals surface area (Å²) >= 11 is 0. The minimum Gasteiger partial charge on any atom is -0.345 e. The van der Waals surface area contributed by atoms with E-state index in [0.717, 1.165) is 5.92 Å². The molecular formula is C18H33N2O+. The van der Waals surface area contributed by atoms with E-state index in [-0.39, 0.29) is 16.9 Å². The molecule has 0 unspecified atom stereocenters. The standard InChI is InChI=1S/C18H32N2O/c1-17(2)13-9-10-14(11-13)18(17,3)20-16(21)12-19-15-7-5-4-6-8-15/h13-15,19H,4-12H2,1-3H3,(H,20,21)/p+1/t13-,14-,18-/m1/s1. The van der Waals surface area contributed by atoms with Crippen LogP contribution in [0.1, 0.15) is 72.1 Å². The molecule has 3 saturated carbocycles. The van der Waals surface area contributed by atoms with Crippen molar-refractivity contribution in [3.8, 4) is 0 Å². The van der Waals surface area contributed by atoms with Crippen molar-refractivity contribution in [3.63, 3.8) is 0 Å². The fourth-order valence-corrected chi connectivity index (χ4v) is 5.36. The van der Waals surface area contributed by atoms with E-state index in [4.69, 9.17) is 0 Å². The number of quaternary nitrogens is 1. The van der Waals surface area contributed by atoms with Gasteiger partial charge in [-0.25, -0.2) is 0 Å². The zero-order valence-corrected chi connectivity index (χ0v) is 14.1. The molecule has 0 aliphatic heterocycles. The van der Waals surface area contributed by atoms with Crippen LogP contribution >= 0.6 is 0 Å². The summed E-state index contributed by atoms with van der Waals surface area (Å²) in [7, 11) is 0. The van der Waals surface area contributed by atoms with E-state index in [2.05, 4.69) is 31.4 Å². The highest BCUT2D eigenvalue weighted by molar-refractivity contribution is 5.77. The fraction of sp³-hybridized carbons (Fsp3) is 0.944. The molecular weight excluding hydrogens is 260 g/mol. The number of fused-ring (bicyclic) bond motifs is 2. The molecule has 3 fully saturated rings. The molecule has 0 aromatic carbocycles. The topological polar surface area (TPSA) is 45.7 Å². The van der Waals surface area contributed by atoms with Gasteiger partial charge in [0.15, 0.2) is 6.54 Å². The second kappa shape index (κ2) is 5.57. The normalized spacial score (nSPS) is 38.6. The molecule has 2 bridgehead atoms. The van der Waals surface area contributed by atoms with Crippen LogP contribution in [0.3, 0.4) is 0 Å². The number of nitrogens with two attached hydrogens (primary N) is 1. The van der Waals surface area contributed by atoms with E-state index >= 15 is 0 Å².